The van der Waals surface area contributed by atoms with Crippen molar-refractivity contribution in [1.82, 2.24) is 0 Å². The maximum Gasteiger partial charge on any atom is 2.00 e. The summed E-state index contributed by atoms with van der Waals surface area (Å²) in [7, 11) is 0. The van der Waals surface area contributed by atoms with E-state index in [1.54, 1.807) is 6.07 Å². The first-order valence-corrected chi connectivity index (χ1v) is 3.38. The van der Waals surface area contributed by atoms with Gasteiger partial charge in [-0.05, 0) is 18.2 Å². The fraction of sp³-hybridized carbons (Fsp3) is 0. The molecular formula is C7H7NO2SZn+2. The molecule has 0 atom stereocenters. The van der Waals surface area contributed by atoms with Crippen LogP contribution in [-0.4, -0.2) is 11.1 Å². The van der Waals surface area contributed by atoms with Crippen LogP contribution in [0.4, 0.5) is 5.69 Å². The van der Waals surface area contributed by atoms with E-state index in [4.69, 9.17) is 10.8 Å². The van der Waals surface area contributed by atoms with Gasteiger partial charge in [-0.3, -0.25) is 0 Å². The first kappa shape index (κ1) is 11.5. The van der Waals surface area contributed by atoms with Gasteiger partial charge in [0.1, 0.15) is 0 Å². The van der Waals surface area contributed by atoms with Crippen LogP contribution in [0.5, 0.6) is 0 Å². The quantitative estimate of drug-likeness (QED) is 0.389. The van der Waals surface area contributed by atoms with Crippen molar-refractivity contribution in [2.75, 3.05) is 5.73 Å². The third-order valence-corrected chi connectivity index (χ3v) is 1.68. The topological polar surface area (TPSA) is 63.3 Å². The van der Waals surface area contributed by atoms with Crippen molar-refractivity contribution in [3.63, 3.8) is 0 Å². The summed E-state index contributed by atoms with van der Waals surface area (Å²) in [5.41, 5.74) is 5.98. The van der Waals surface area contributed by atoms with E-state index in [1.165, 1.54) is 12.1 Å². The van der Waals surface area contributed by atoms with Gasteiger partial charge < -0.3 is 10.8 Å². The van der Waals surface area contributed by atoms with Gasteiger partial charge in [-0.25, -0.2) is 4.79 Å². The standard InChI is InChI=1S/C7H7NO2S.Zn/c8-5-3-4(7(9)10)1-2-6(5)11;/h1-3,11H,8H2,(H,9,10);/q;+2. The number of carbonyl (C=O) groups is 1. The zero-order valence-electron chi connectivity index (χ0n) is 6.32. The molecule has 0 bridgehead atoms. The average molecular weight is 235 g/mol. The van der Waals surface area contributed by atoms with E-state index >= 15 is 0 Å². The van der Waals surface area contributed by atoms with Crippen molar-refractivity contribution in [3.8, 4) is 0 Å². The van der Waals surface area contributed by atoms with Crippen LogP contribution in [0.1, 0.15) is 10.4 Å². The number of nitrogens with two attached hydrogens (primary N) is 1. The number of rotatable bonds is 1. The predicted molar refractivity (Wildman–Crippen MR) is 45.1 cm³/mol. The molecule has 12 heavy (non-hydrogen) atoms. The Labute approximate surface area is 88.1 Å². The van der Waals surface area contributed by atoms with Gasteiger partial charge in [0.15, 0.2) is 0 Å². The minimum absolute atomic E-state index is 0. The Hall–Kier alpha value is -0.537. The summed E-state index contributed by atoms with van der Waals surface area (Å²) in [6, 6.07) is 4.40. The van der Waals surface area contributed by atoms with Crippen molar-refractivity contribution in [2.24, 2.45) is 0 Å². The van der Waals surface area contributed by atoms with E-state index in [-0.39, 0.29) is 25.0 Å². The van der Waals surface area contributed by atoms with Crippen LogP contribution in [0.3, 0.4) is 0 Å². The van der Waals surface area contributed by atoms with Crippen LogP contribution >= 0.6 is 12.6 Å². The maximum absolute atomic E-state index is 10.4. The second-order valence-corrected chi connectivity index (χ2v) is 2.56. The minimum Gasteiger partial charge on any atom is -0.478 e. The number of anilines is 1. The van der Waals surface area contributed by atoms with Gasteiger partial charge in [0, 0.05) is 10.6 Å². The summed E-state index contributed by atoms with van der Waals surface area (Å²) in [4.78, 5) is 11.0. The fourth-order valence-electron chi connectivity index (χ4n) is 0.688. The van der Waals surface area contributed by atoms with Crippen molar-refractivity contribution >= 4 is 24.3 Å². The molecule has 0 saturated heterocycles. The van der Waals surface area contributed by atoms with Crippen molar-refractivity contribution < 1.29 is 29.4 Å². The van der Waals surface area contributed by atoms with Crippen LogP contribution in [-0.2, 0) is 19.5 Å². The van der Waals surface area contributed by atoms with Gasteiger partial charge in [-0.2, -0.15) is 0 Å². The molecule has 3 nitrogen and oxygen atoms in total. The van der Waals surface area contributed by atoms with Gasteiger partial charge in [0.2, 0.25) is 0 Å². The largest absolute Gasteiger partial charge is 2.00 e. The number of carboxylic acid groups (broad SMARTS) is 1. The van der Waals surface area contributed by atoms with Crippen LogP contribution < -0.4 is 5.73 Å². The zero-order chi connectivity index (χ0) is 8.43. The SMILES string of the molecule is Nc1cc(C(=O)O)ccc1S.[Zn+2]. The van der Waals surface area contributed by atoms with E-state index in [1.807, 2.05) is 0 Å². The summed E-state index contributed by atoms with van der Waals surface area (Å²) in [6.45, 7) is 0. The van der Waals surface area contributed by atoms with E-state index in [9.17, 15) is 4.79 Å². The summed E-state index contributed by atoms with van der Waals surface area (Å²) in [5.74, 6) is -0.981. The van der Waals surface area contributed by atoms with Gasteiger partial charge in [0.05, 0.1) is 5.56 Å². The molecule has 0 unspecified atom stereocenters. The molecule has 0 aliphatic heterocycles. The van der Waals surface area contributed by atoms with Gasteiger partial charge in [-0.1, -0.05) is 0 Å². The van der Waals surface area contributed by atoms with Crippen molar-refractivity contribution in [3.05, 3.63) is 23.8 Å². The average Bonchev–Trinajstić information content (AvgIpc) is 1.94. The molecule has 0 heterocycles. The van der Waals surface area contributed by atoms with E-state index < -0.39 is 5.97 Å². The molecule has 1 aromatic carbocycles. The normalized spacial score (nSPS) is 8.75. The molecule has 58 valence electrons. The first-order chi connectivity index (χ1) is 5.11. The Morgan fingerprint density at radius 2 is 2.08 bits per heavy atom. The number of hydrogen-bond donors (Lipinski definition) is 3. The van der Waals surface area contributed by atoms with Crippen LogP contribution in [0.2, 0.25) is 0 Å². The second-order valence-electron chi connectivity index (χ2n) is 2.08. The summed E-state index contributed by atoms with van der Waals surface area (Å²) in [6.07, 6.45) is 0. The smallest absolute Gasteiger partial charge is 0.478 e. The molecule has 0 aliphatic carbocycles. The Kier molecular flexibility index (Phi) is 4.28. The van der Waals surface area contributed by atoms with Gasteiger partial charge >= 0.3 is 25.4 Å². The number of thiol groups is 1. The number of carboxylic acids is 1. The fourth-order valence-corrected chi connectivity index (χ4v) is 0.827. The molecular weight excluding hydrogens is 228 g/mol. The molecule has 0 saturated carbocycles. The van der Waals surface area contributed by atoms with Crippen LogP contribution in [0.25, 0.3) is 0 Å². The van der Waals surface area contributed by atoms with Gasteiger partial charge in [-0.15, -0.1) is 12.6 Å². The minimum atomic E-state index is -0.981. The first-order valence-electron chi connectivity index (χ1n) is 2.93. The van der Waals surface area contributed by atoms with Gasteiger partial charge in [0.25, 0.3) is 0 Å². The Bertz CT molecular complexity index is 303. The molecule has 1 aromatic rings. The summed E-state index contributed by atoms with van der Waals surface area (Å²) >= 11 is 4.00. The van der Waals surface area contributed by atoms with Crippen molar-refractivity contribution in [1.29, 1.82) is 0 Å². The number of nitrogen functional groups attached to an aromatic ring is 1. The van der Waals surface area contributed by atoms with Crippen molar-refractivity contribution in [2.45, 2.75) is 4.90 Å². The maximum atomic E-state index is 10.4. The monoisotopic (exact) mass is 233 g/mol. The molecule has 1 rings (SSSR count). The Balaban J connectivity index is 0.00000121. The van der Waals surface area contributed by atoms with E-state index in [0.29, 0.717) is 10.6 Å². The van der Waals surface area contributed by atoms with E-state index in [0.717, 1.165) is 0 Å². The third kappa shape index (κ3) is 2.50. The second kappa shape index (κ2) is 4.48. The molecule has 3 N–H and O–H groups in total. The zero-order valence-corrected chi connectivity index (χ0v) is 10.2. The molecule has 0 spiro atoms. The molecule has 0 radical (unpaired) electrons. The molecule has 5 heteroatoms. The Morgan fingerprint density at radius 3 is 2.50 bits per heavy atom. The summed E-state index contributed by atoms with van der Waals surface area (Å²) < 4.78 is 0. The Morgan fingerprint density at radius 1 is 1.50 bits per heavy atom. The van der Waals surface area contributed by atoms with Crippen LogP contribution in [0, 0.1) is 0 Å². The number of hydrogen-bond acceptors (Lipinski definition) is 3. The number of benzene rings is 1. The molecule has 0 fully saturated rings. The number of aromatic carboxylic acids is 1. The molecule has 0 aliphatic rings. The van der Waals surface area contributed by atoms with Crippen LogP contribution in [0.15, 0.2) is 23.1 Å². The van der Waals surface area contributed by atoms with E-state index in [2.05, 4.69) is 12.6 Å². The summed E-state index contributed by atoms with van der Waals surface area (Å²) in [5, 5.41) is 8.52. The third-order valence-electron chi connectivity index (χ3n) is 1.27. The predicted octanol–water partition coefficient (Wildman–Crippen LogP) is 1.25. The molecule has 0 aromatic heterocycles. The molecule has 0 amide bonds.